The van der Waals surface area contributed by atoms with E-state index in [0.717, 1.165) is 0 Å². The largest absolute Gasteiger partial charge is 0.471 e. The van der Waals surface area contributed by atoms with Crippen LogP contribution in [0, 0.1) is 0 Å². The number of nitrogens with zero attached hydrogens (tertiary/aromatic N) is 1. The van der Waals surface area contributed by atoms with Crippen LogP contribution in [0.1, 0.15) is 6.42 Å². The van der Waals surface area contributed by atoms with Crippen LogP contribution in [0.25, 0.3) is 0 Å². The summed E-state index contributed by atoms with van der Waals surface area (Å²) < 4.78 is 36.4. The van der Waals surface area contributed by atoms with E-state index in [1.165, 1.54) is 0 Å². The van der Waals surface area contributed by atoms with E-state index in [0.29, 0.717) is 11.3 Å². The third-order valence-electron chi connectivity index (χ3n) is 2.42. The molecular formula is C9H14F3N3O2. The Kier molecular flexibility index (Phi) is 4.33. The number of carbonyl (C=O) groups excluding carboxylic acids is 2. The van der Waals surface area contributed by atoms with Crippen LogP contribution in [0.3, 0.4) is 0 Å². The average Bonchev–Trinajstić information content (AvgIpc) is 2.63. The molecule has 1 atom stereocenters. The van der Waals surface area contributed by atoms with E-state index >= 15 is 0 Å². The maximum atomic E-state index is 12.1. The third kappa shape index (κ3) is 3.88. The van der Waals surface area contributed by atoms with Gasteiger partial charge in [-0.25, -0.2) is 0 Å². The molecule has 17 heavy (non-hydrogen) atoms. The van der Waals surface area contributed by atoms with Gasteiger partial charge in [0.2, 0.25) is 5.91 Å². The van der Waals surface area contributed by atoms with Crippen LogP contribution >= 0.6 is 0 Å². The molecule has 5 nitrogen and oxygen atoms in total. The zero-order chi connectivity index (χ0) is 13.1. The second-order valence-electron chi connectivity index (χ2n) is 3.83. The summed E-state index contributed by atoms with van der Waals surface area (Å²) in [5, 5.41) is 5.18. The Labute approximate surface area is 96.3 Å². The third-order valence-corrected chi connectivity index (χ3v) is 2.42. The van der Waals surface area contributed by atoms with Gasteiger partial charge in [0.05, 0.1) is 6.54 Å². The first-order valence-electron chi connectivity index (χ1n) is 5.14. The molecule has 2 N–H and O–H groups in total. The molecule has 0 aliphatic carbocycles. The second kappa shape index (κ2) is 5.35. The Hall–Kier alpha value is -1.31. The predicted octanol–water partition coefficient (Wildman–Crippen LogP) is -0.515. The standard InChI is InChI=1S/C9H14F3N3O2/c1-13-4-7(16)14-6-2-3-15(5-6)8(17)9(10,11)12/h6,13H,2-5H2,1H3,(H,14,16). The molecule has 0 aromatic heterocycles. The minimum Gasteiger partial charge on any atom is -0.350 e. The van der Waals surface area contributed by atoms with Gasteiger partial charge in [-0.05, 0) is 13.5 Å². The van der Waals surface area contributed by atoms with Crippen LogP contribution < -0.4 is 10.6 Å². The minimum absolute atomic E-state index is 0.0167. The zero-order valence-electron chi connectivity index (χ0n) is 9.30. The Balaban J connectivity index is 2.43. The number of amides is 2. The van der Waals surface area contributed by atoms with Crippen LogP contribution in [-0.4, -0.2) is 55.6 Å². The maximum Gasteiger partial charge on any atom is 0.471 e. The van der Waals surface area contributed by atoms with Crippen LogP contribution in [0.5, 0.6) is 0 Å². The van der Waals surface area contributed by atoms with E-state index in [4.69, 9.17) is 0 Å². The number of hydrogen-bond donors (Lipinski definition) is 2. The molecule has 98 valence electrons. The number of likely N-dealkylation sites (tertiary alicyclic amines) is 1. The second-order valence-corrected chi connectivity index (χ2v) is 3.83. The summed E-state index contributed by atoms with van der Waals surface area (Å²) in [6.07, 6.45) is -4.50. The van der Waals surface area contributed by atoms with Gasteiger partial charge in [-0.15, -0.1) is 0 Å². The summed E-state index contributed by atoms with van der Waals surface area (Å²) in [5.74, 6) is -2.14. The van der Waals surface area contributed by atoms with Crippen molar-refractivity contribution in [3.8, 4) is 0 Å². The van der Waals surface area contributed by atoms with Gasteiger partial charge in [0.25, 0.3) is 0 Å². The highest BCUT2D eigenvalue weighted by Crippen LogP contribution is 2.21. The first kappa shape index (κ1) is 13.8. The van der Waals surface area contributed by atoms with Crippen molar-refractivity contribution >= 4 is 11.8 Å². The first-order chi connectivity index (χ1) is 7.84. The van der Waals surface area contributed by atoms with Gasteiger partial charge in [0.15, 0.2) is 0 Å². The summed E-state index contributed by atoms with van der Waals surface area (Å²) in [6.45, 7) is 0.0281. The highest BCUT2D eigenvalue weighted by Gasteiger charge is 2.44. The molecule has 1 unspecified atom stereocenters. The van der Waals surface area contributed by atoms with Gasteiger partial charge >= 0.3 is 12.1 Å². The Morgan fingerprint density at radius 3 is 2.59 bits per heavy atom. The summed E-state index contributed by atoms with van der Waals surface area (Å²) in [7, 11) is 1.59. The van der Waals surface area contributed by atoms with Crippen LogP contribution in [-0.2, 0) is 9.59 Å². The molecule has 0 spiro atoms. The first-order valence-corrected chi connectivity index (χ1v) is 5.14. The molecule has 1 fully saturated rings. The summed E-state index contributed by atoms with van der Waals surface area (Å²) >= 11 is 0. The monoisotopic (exact) mass is 253 g/mol. The van der Waals surface area contributed by atoms with Crippen molar-refractivity contribution in [2.24, 2.45) is 0 Å². The van der Waals surface area contributed by atoms with Crippen molar-refractivity contribution in [2.75, 3.05) is 26.7 Å². The summed E-state index contributed by atoms with van der Waals surface area (Å²) in [6, 6.07) is -0.401. The van der Waals surface area contributed by atoms with Crippen molar-refractivity contribution in [1.29, 1.82) is 0 Å². The van der Waals surface area contributed by atoms with Crippen LogP contribution in [0.2, 0.25) is 0 Å². The lowest BCUT2D eigenvalue weighted by molar-refractivity contribution is -0.184. The van der Waals surface area contributed by atoms with Crippen molar-refractivity contribution in [1.82, 2.24) is 15.5 Å². The number of likely N-dealkylation sites (N-methyl/N-ethyl adjacent to an activating group) is 1. The van der Waals surface area contributed by atoms with E-state index < -0.39 is 18.1 Å². The number of nitrogens with one attached hydrogen (secondary N) is 2. The lowest BCUT2D eigenvalue weighted by atomic mass is 10.2. The lowest BCUT2D eigenvalue weighted by Gasteiger charge is -2.18. The molecule has 1 aliphatic heterocycles. The van der Waals surface area contributed by atoms with Crippen LogP contribution in [0.4, 0.5) is 13.2 Å². The van der Waals surface area contributed by atoms with Gasteiger partial charge in [0, 0.05) is 19.1 Å². The highest BCUT2D eigenvalue weighted by molar-refractivity contribution is 5.82. The molecule has 0 radical (unpaired) electrons. The van der Waals surface area contributed by atoms with E-state index in [1.54, 1.807) is 7.05 Å². The predicted molar refractivity (Wildman–Crippen MR) is 53.1 cm³/mol. The lowest BCUT2D eigenvalue weighted by Crippen LogP contribution is -2.44. The topological polar surface area (TPSA) is 61.4 Å². The molecule has 0 aromatic carbocycles. The fourth-order valence-corrected chi connectivity index (χ4v) is 1.68. The SMILES string of the molecule is CNCC(=O)NC1CCN(C(=O)C(F)(F)F)C1. The van der Waals surface area contributed by atoms with Crippen molar-refractivity contribution in [3.05, 3.63) is 0 Å². The van der Waals surface area contributed by atoms with E-state index in [1.807, 2.05) is 0 Å². The fraction of sp³-hybridized carbons (Fsp3) is 0.778. The Bertz CT molecular complexity index is 306. The van der Waals surface area contributed by atoms with Crippen LogP contribution in [0.15, 0.2) is 0 Å². The fourth-order valence-electron chi connectivity index (χ4n) is 1.68. The number of alkyl halides is 3. The summed E-state index contributed by atoms with van der Waals surface area (Å²) in [5.41, 5.74) is 0. The van der Waals surface area contributed by atoms with Gasteiger partial charge in [-0.1, -0.05) is 0 Å². The van der Waals surface area contributed by atoms with Crippen molar-refractivity contribution in [2.45, 2.75) is 18.6 Å². The van der Waals surface area contributed by atoms with Crippen molar-refractivity contribution < 1.29 is 22.8 Å². The van der Waals surface area contributed by atoms with Gasteiger partial charge in [-0.2, -0.15) is 13.2 Å². The van der Waals surface area contributed by atoms with E-state index in [-0.39, 0.29) is 25.5 Å². The van der Waals surface area contributed by atoms with Gasteiger partial charge < -0.3 is 15.5 Å². The van der Waals surface area contributed by atoms with Crippen molar-refractivity contribution in [3.63, 3.8) is 0 Å². The average molecular weight is 253 g/mol. The number of carbonyl (C=O) groups is 2. The summed E-state index contributed by atoms with van der Waals surface area (Å²) in [4.78, 5) is 22.8. The normalized spacial score (nSPS) is 20.5. The molecule has 2 amide bonds. The highest BCUT2D eigenvalue weighted by atomic mass is 19.4. The quantitative estimate of drug-likeness (QED) is 0.712. The molecular weight excluding hydrogens is 239 g/mol. The molecule has 8 heteroatoms. The molecule has 0 aromatic rings. The van der Waals surface area contributed by atoms with E-state index in [2.05, 4.69) is 10.6 Å². The molecule has 1 aliphatic rings. The number of rotatable bonds is 3. The number of halogens is 3. The molecule has 1 saturated heterocycles. The molecule has 0 bridgehead atoms. The Morgan fingerprint density at radius 1 is 1.41 bits per heavy atom. The number of hydrogen-bond acceptors (Lipinski definition) is 3. The molecule has 0 saturated carbocycles. The van der Waals surface area contributed by atoms with Gasteiger partial charge in [-0.3, -0.25) is 9.59 Å². The van der Waals surface area contributed by atoms with Gasteiger partial charge in [0.1, 0.15) is 0 Å². The molecule has 1 heterocycles. The molecule has 1 rings (SSSR count). The van der Waals surface area contributed by atoms with E-state index in [9.17, 15) is 22.8 Å². The Morgan fingerprint density at radius 2 is 2.06 bits per heavy atom. The maximum absolute atomic E-state index is 12.1. The smallest absolute Gasteiger partial charge is 0.350 e. The zero-order valence-corrected chi connectivity index (χ0v) is 9.30. The minimum atomic E-state index is -4.84.